The van der Waals surface area contributed by atoms with Gasteiger partial charge in [0.15, 0.2) is 11.5 Å². The quantitative estimate of drug-likeness (QED) is 0.793. The molecule has 3 heterocycles. The number of aryl methyl sites for hydroxylation is 1. The lowest BCUT2D eigenvalue weighted by atomic mass is 10.1. The highest BCUT2D eigenvalue weighted by Gasteiger charge is 2.15. The van der Waals surface area contributed by atoms with Gasteiger partial charge < -0.3 is 10.2 Å². The van der Waals surface area contributed by atoms with E-state index in [0.717, 1.165) is 29.1 Å². The SMILES string of the molecule is CN(C)C1=CC(Nc2nccn3c(-c4cnn(C)c4)cnc23)CC=C1. The van der Waals surface area contributed by atoms with Crippen molar-refractivity contribution in [2.45, 2.75) is 12.5 Å². The Morgan fingerprint density at radius 2 is 2.12 bits per heavy atom. The number of hydrogen-bond acceptors (Lipinski definition) is 5. The zero-order valence-corrected chi connectivity index (χ0v) is 14.6. The molecule has 0 aliphatic heterocycles. The summed E-state index contributed by atoms with van der Waals surface area (Å²) in [5.41, 5.74) is 4.04. The molecule has 0 bridgehead atoms. The Balaban J connectivity index is 1.67. The first-order chi connectivity index (χ1) is 12.1. The molecule has 0 saturated carbocycles. The van der Waals surface area contributed by atoms with Gasteiger partial charge in [-0.15, -0.1) is 0 Å². The molecule has 0 radical (unpaired) electrons. The molecule has 0 amide bonds. The van der Waals surface area contributed by atoms with Gasteiger partial charge in [0.05, 0.1) is 24.1 Å². The highest BCUT2D eigenvalue weighted by atomic mass is 15.2. The van der Waals surface area contributed by atoms with Crippen LogP contribution in [0.4, 0.5) is 5.82 Å². The summed E-state index contributed by atoms with van der Waals surface area (Å²) in [6.07, 6.45) is 16.9. The predicted octanol–water partition coefficient (Wildman–Crippen LogP) is 2.32. The highest BCUT2D eigenvalue weighted by Crippen LogP contribution is 2.24. The summed E-state index contributed by atoms with van der Waals surface area (Å²) in [7, 11) is 6.01. The Kier molecular flexibility index (Phi) is 3.76. The number of rotatable bonds is 4. The van der Waals surface area contributed by atoms with Gasteiger partial charge in [0, 0.05) is 51.0 Å². The second-order valence-electron chi connectivity index (χ2n) is 6.39. The van der Waals surface area contributed by atoms with E-state index in [1.54, 1.807) is 10.9 Å². The molecule has 0 aromatic carbocycles. The summed E-state index contributed by atoms with van der Waals surface area (Å²) in [5.74, 6) is 0.785. The lowest BCUT2D eigenvalue weighted by Gasteiger charge is -2.22. The van der Waals surface area contributed by atoms with E-state index in [4.69, 9.17) is 0 Å². The molecule has 25 heavy (non-hydrogen) atoms. The summed E-state index contributed by atoms with van der Waals surface area (Å²) in [4.78, 5) is 11.2. The van der Waals surface area contributed by atoms with Gasteiger partial charge in [-0.05, 0) is 18.6 Å². The van der Waals surface area contributed by atoms with Crippen molar-refractivity contribution in [2.24, 2.45) is 7.05 Å². The number of likely N-dealkylation sites (N-methyl/N-ethyl adjacent to an activating group) is 1. The van der Waals surface area contributed by atoms with Gasteiger partial charge >= 0.3 is 0 Å². The summed E-state index contributed by atoms with van der Waals surface area (Å²) < 4.78 is 3.83. The second kappa shape index (κ2) is 6.08. The van der Waals surface area contributed by atoms with E-state index in [9.17, 15) is 0 Å². The van der Waals surface area contributed by atoms with E-state index in [1.807, 2.05) is 50.3 Å². The molecule has 1 aliphatic rings. The molecule has 1 unspecified atom stereocenters. The van der Waals surface area contributed by atoms with Crippen LogP contribution in [0.1, 0.15) is 6.42 Å². The van der Waals surface area contributed by atoms with Crippen LogP contribution < -0.4 is 5.32 Å². The minimum Gasteiger partial charge on any atom is -0.378 e. The molecule has 7 nitrogen and oxygen atoms in total. The Bertz CT molecular complexity index is 961. The van der Waals surface area contributed by atoms with Crippen LogP contribution in [0.2, 0.25) is 0 Å². The Hall–Kier alpha value is -3.09. The first kappa shape index (κ1) is 15.4. The van der Waals surface area contributed by atoms with Gasteiger partial charge in [-0.1, -0.05) is 6.08 Å². The molecule has 128 valence electrons. The molecular formula is C18H21N7. The monoisotopic (exact) mass is 335 g/mol. The smallest absolute Gasteiger partial charge is 0.180 e. The van der Waals surface area contributed by atoms with Crippen molar-refractivity contribution >= 4 is 11.5 Å². The Labute approximate surface area is 146 Å². The fourth-order valence-electron chi connectivity index (χ4n) is 3.03. The van der Waals surface area contributed by atoms with Crippen molar-refractivity contribution in [2.75, 3.05) is 19.4 Å². The van der Waals surface area contributed by atoms with Gasteiger partial charge in [-0.25, -0.2) is 9.97 Å². The maximum Gasteiger partial charge on any atom is 0.180 e. The number of nitrogens with zero attached hydrogens (tertiary/aromatic N) is 6. The van der Waals surface area contributed by atoms with Crippen molar-refractivity contribution in [3.63, 3.8) is 0 Å². The molecular weight excluding hydrogens is 314 g/mol. The average Bonchev–Trinajstić information content (AvgIpc) is 3.21. The van der Waals surface area contributed by atoms with E-state index >= 15 is 0 Å². The predicted molar refractivity (Wildman–Crippen MR) is 98.1 cm³/mol. The van der Waals surface area contributed by atoms with Crippen molar-refractivity contribution in [3.05, 3.63) is 54.9 Å². The first-order valence-electron chi connectivity index (χ1n) is 8.25. The van der Waals surface area contributed by atoms with Crippen LogP contribution in [0, 0.1) is 0 Å². The van der Waals surface area contributed by atoms with Gasteiger partial charge in [0.25, 0.3) is 0 Å². The molecule has 1 atom stereocenters. The molecule has 7 heteroatoms. The lowest BCUT2D eigenvalue weighted by Crippen LogP contribution is -2.23. The number of aromatic nitrogens is 5. The lowest BCUT2D eigenvalue weighted by molar-refractivity contribution is 0.521. The number of allylic oxidation sites excluding steroid dienone is 1. The van der Waals surface area contributed by atoms with Crippen LogP contribution in [0.25, 0.3) is 16.9 Å². The highest BCUT2D eigenvalue weighted by molar-refractivity contribution is 5.70. The molecule has 3 aromatic heterocycles. The van der Waals surface area contributed by atoms with Gasteiger partial charge in [0.1, 0.15) is 0 Å². The van der Waals surface area contributed by atoms with Crippen molar-refractivity contribution < 1.29 is 0 Å². The standard InChI is InChI=1S/C18H21N7/c1-23(2)15-6-4-5-14(9-15)22-17-18-20-11-16(25(18)8-7-19-17)13-10-21-24(3)12-13/h4,6-12,14H,5H2,1-3H3,(H,19,22). The van der Waals surface area contributed by atoms with Crippen LogP contribution in [0.5, 0.6) is 0 Å². The molecule has 3 aromatic rings. The number of nitrogens with one attached hydrogen (secondary N) is 1. The van der Waals surface area contributed by atoms with E-state index < -0.39 is 0 Å². The average molecular weight is 335 g/mol. The van der Waals surface area contributed by atoms with Crippen LogP contribution in [0.15, 0.2) is 54.9 Å². The third kappa shape index (κ3) is 2.88. The fourth-order valence-corrected chi connectivity index (χ4v) is 3.03. The van der Waals surface area contributed by atoms with Gasteiger partial charge in [-0.3, -0.25) is 9.08 Å². The third-order valence-electron chi connectivity index (χ3n) is 4.32. The zero-order chi connectivity index (χ0) is 17.4. The molecule has 1 aliphatic carbocycles. The van der Waals surface area contributed by atoms with Crippen molar-refractivity contribution in [1.29, 1.82) is 0 Å². The van der Waals surface area contributed by atoms with Crippen molar-refractivity contribution in [1.82, 2.24) is 29.0 Å². The minimum absolute atomic E-state index is 0.194. The molecule has 0 fully saturated rings. The second-order valence-corrected chi connectivity index (χ2v) is 6.39. The summed E-state index contributed by atoms with van der Waals surface area (Å²) in [6.45, 7) is 0. The summed E-state index contributed by atoms with van der Waals surface area (Å²) >= 11 is 0. The topological polar surface area (TPSA) is 63.3 Å². The largest absolute Gasteiger partial charge is 0.378 e. The number of fused-ring (bicyclic) bond motifs is 1. The van der Waals surface area contributed by atoms with Crippen LogP contribution in [-0.4, -0.2) is 49.2 Å². The van der Waals surface area contributed by atoms with Gasteiger partial charge in [0.2, 0.25) is 0 Å². The third-order valence-corrected chi connectivity index (χ3v) is 4.32. The van der Waals surface area contributed by atoms with E-state index in [1.165, 1.54) is 5.70 Å². The maximum absolute atomic E-state index is 4.58. The van der Waals surface area contributed by atoms with Crippen molar-refractivity contribution in [3.8, 4) is 11.3 Å². The minimum atomic E-state index is 0.194. The van der Waals surface area contributed by atoms with E-state index in [-0.39, 0.29) is 6.04 Å². The van der Waals surface area contributed by atoms with Gasteiger partial charge in [-0.2, -0.15) is 5.10 Å². The molecule has 4 rings (SSSR count). The van der Waals surface area contributed by atoms with E-state index in [0.29, 0.717) is 0 Å². The normalized spacial score (nSPS) is 16.9. The number of anilines is 1. The fraction of sp³-hybridized carbons (Fsp3) is 0.278. The first-order valence-corrected chi connectivity index (χ1v) is 8.25. The molecule has 1 N–H and O–H groups in total. The number of imidazole rings is 1. The summed E-state index contributed by atoms with van der Waals surface area (Å²) in [6, 6.07) is 0.194. The Morgan fingerprint density at radius 3 is 2.88 bits per heavy atom. The summed E-state index contributed by atoms with van der Waals surface area (Å²) in [5, 5.41) is 7.75. The van der Waals surface area contributed by atoms with Crippen LogP contribution in [0.3, 0.4) is 0 Å². The number of hydrogen-bond donors (Lipinski definition) is 1. The zero-order valence-electron chi connectivity index (χ0n) is 14.6. The maximum atomic E-state index is 4.58. The van der Waals surface area contributed by atoms with Crippen LogP contribution in [-0.2, 0) is 7.05 Å². The van der Waals surface area contributed by atoms with E-state index in [2.05, 4.69) is 43.5 Å². The molecule has 0 spiro atoms. The Morgan fingerprint density at radius 1 is 1.24 bits per heavy atom. The molecule has 0 saturated heterocycles. The van der Waals surface area contributed by atoms with Crippen LogP contribution >= 0.6 is 0 Å².